The number of rotatable bonds is 6. The third-order valence-electron chi connectivity index (χ3n) is 2.88. The van der Waals surface area contributed by atoms with Gasteiger partial charge in [0.2, 0.25) is 0 Å². The third-order valence-corrected chi connectivity index (χ3v) is 2.88. The number of halogens is 1. The summed E-state index contributed by atoms with van der Waals surface area (Å²) in [6, 6.07) is 6.30. The van der Waals surface area contributed by atoms with Crippen molar-refractivity contribution in [2.45, 2.75) is 25.9 Å². The van der Waals surface area contributed by atoms with E-state index in [2.05, 4.69) is 4.90 Å². The number of likely N-dealkylation sites (N-methyl/N-ethyl adjacent to an activating group) is 1. The van der Waals surface area contributed by atoms with Gasteiger partial charge >= 0.3 is 0 Å². The lowest BCUT2D eigenvalue weighted by atomic mass is 9.99. The minimum Gasteiger partial charge on any atom is -0.395 e. The average Bonchev–Trinajstić information content (AvgIpc) is 2.28. The number of hydrogen-bond acceptors (Lipinski definition) is 3. The van der Waals surface area contributed by atoms with Gasteiger partial charge in [0.25, 0.3) is 0 Å². The number of aliphatic hydroxyl groups is 1. The fourth-order valence-electron chi connectivity index (χ4n) is 2.16. The van der Waals surface area contributed by atoms with Crippen molar-refractivity contribution >= 4 is 0 Å². The van der Waals surface area contributed by atoms with Gasteiger partial charge in [0, 0.05) is 18.6 Å². The Bertz CT molecular complexity index is 344. The standard InChI is InChI=1S/C13H21FN2O/c1-3-16(7-8-17)13(10(2)15)11-5-4-6-12(14)9-11/h4-6,9-10,13,17H,3,7-8,15H2,1-2H3. The van der Waals surface area contributed by atoms with Gasteiger partial charge in [0.1, 0.15) is 5.82 Å². The van der Waals surface area contributed by atoms with Crippen molar-refractivity contribution < 1.29 is 9.50 Å². The summed E-state index contributed by atoms with van der Waals surface area (Å²) in [5.41, 5.74) is 6.84. The van der Waals surface area contributed by atoms with E-state index in [9.17, 15) is 4.39 Å². The van der Waals surface area contributed by atoms with Gasteiger partial charge in [-0.15, -0.1) is 0 Å². The van der Waals surface area contributed by atoms with E-state index in [1.54, 1.807) is 6.07 Å². The summed E-state index contributed by atoms with van der Waals surface area (Å²) in [4.78, 5) is 2.06. The van der Waals surface area contributed by atoms with Crippen LogP contribution in [0.25, 0.3) is 0 Å². The maximum absolute atomic E-state index is 13.2. The molecule has 0 amide bonds. The van der Waals surface area contributed by atoms with Crippen LogP contribution >= 0.6 is 0 Å². The molecule has 0 heterocycles. The number of aliphatic hydroxyl groups excluding tert-OH is 1. The number of nitrogens with zero attached hydrogens (tertiary/aromatic N) is 1. The van der Waals surface area contributed by atoms with E-state index in [4.69, 9.17) is 10.8 Å². The lowest BCUT2D eigenvalue weighted by Gasteiger charge is -2.33. The van der Waals surface area contributed by atoms with Crippen LogP contribution in [0.3, 0.4) is 0 Å². The fourth-order valence-corrected chi connectivity index (χ4v) is 2.16. The molecule has 0 saturated carbocycles. The van der Waals surface area contributed by atoms with Crippen molar-refractivity contribution in [1.29, 1.82) is 0 Å². The van der Waals surface area contributed by atoms with E-state index in [1.165, 1.54) is 12.1 Å². The molecule has 2 atom stereocenters. The monoisotopic (exact) mass is 240 g/mol. The first kappa shape index (κ1) is 14.1. The van der Waals surface area contributed by atoms with Crippen LogP contribution in [-0.4, -0.2) is 35.7 Å². The van der Waals surface area contributed by atoms with Gasteiger partial charge in [0.05, 0.1) is 6.61 Å². The molecule has 96 valence electrons. The molecule has 2 unspecified atom stereocenters. The molecule has 0 spiro atoms. The molecule has 17 heavy (non-hydrogen) atoms. The lowest BCUT2D eigenvalue weighted by Crippen LogP contribution is -2.40. The topological polar surface area (TPSA) is 49.5 Å². The molecule has 0 fully saturated rings. The minimum absolute atomic E-state index is 0.0668. The smallest absolute Gasteiger partial charge is 0.123 e. The van der Waals surface area contributed by atoms with E-state index in [0.29, 0.717) is 6.54 Å². The molecule has 3 N–H and O–H groups in total. The van der Waals surface area contributed by atoms with Crippen molar-refractivity contribution in [3.8, 4) is 0 Å². The van der Waals surface area contributed by atoms with Gasteiger partial charge in [-0.2, -0.15) is 0 Å². The van der Waals surface area contributed by atoms with Crippen LogP contribution in [0.5, 0.6) is 0 Å². The van der Waals surface area contributed by atoms with Crippen LogP contribution in [-0.2, 0) is 0 Å². The maximum atomic E-state index is 13.2. The highest BCUT2D eigenvalue weighted by atomic mass is 19.1. The van der Waals surface area contributed by atoms with Gasteiger partial charge in [-0.05, 0) is 31.2 Å². The van der Waals surface area contributed by atoms with E-state index >= 15 is 0 Å². The second-order valence-corrected chi connectivity index (χ2v) is 4.21. The molecule has 3 nitrogen and oxygen atoms in total. The summed E-state index contributed by atoms with van der Waals surface area (Å²) < 4.78 is 13.2. The van der Waals surface area contributed by atoms with Crippen LogP contribution in [0.4, 0.5) is 4.39 Å². The summed E-state index contributed by atoms with van der Waals surface area (Å²) >= 11 is 0. The highest BCUT2D eigenvalue weighted by Crippen LogP contribution is 2.23. The quantitative estimate of drug-likeness (QED) is 0.792. The van der Waals surface area contributed by atoms with Crippen molar-refractivity contribution in [3.63, 3.8) is 0 Å². The van der Waals surface area contributed by atoms with Crippen molar-refractivity contribution in [2.75, 3.05) is 19.7 Å². The first-order valence-corrected chi connectivity index (χ1v) is 5.96. The molecule has 0 bridgehead atoms. The van der Waals surface area contributed by atoms with Crippen LogP contribution in [0.1, 0.15) is 25.5 Å². The van der Waals surface area contributed by atoms with E-state index in [1.807, 2.05) is 19.9 Å². The second kappa shape index (κ2) is 6.69. The Morgan fingerprint density at radius 2 is 2.18 bits per heavy atom. The highest BCUT2D eigenvalue weighted by molar-refractivity contribution is 5.21. The summed E-state index contributed by atoms with van der Waals surface area (Å²) in [6.07, 6.45) is 0. The summed E-state index contributed by atoms with van der Waals surface area (Å²) in [6.45, 7) is 5.29. The van der Waals surface area contributed by atoms with Crippen LogP contribution in [0, 0.1) is 5.82 Å². The zero-order valence-corrected chi connectivity index (χ0v) is 10.4. The summed E-state index contributed by atoms with van der Waals surface area (Å²) in [7, 11) is 0. The van der Waals surface area contributed by atoms with Crippen molar-refractivity contribution in [1.82, 2.24) is 4.90 Å². The normalized spacial score (nSPS) is 14.9. The molecule has 0 aliphatic rings. The molecule has 0 saturated heterocycles. The Morgan fingerprint density at radius 1 is 1.47 bits per heavy atom. The van der Waals surface area contributed by atoms with Gasteiger partial charge < -0.3 is 10.8 Å². The number of benzene rings is 1. The lowest BCUT2D eigenvalue weighted by molar-refractivity contribution is 0.143. The third kappa shape index (κ3) is 3.77. The predicted octanol–water partition coefficient (Wildman–Crippen LogP) is 1.53. The Labute approximate surface area is 102 Å². The molecule has 0 aliphatic heterocycles. The molecular formula is C13H21FN2O. The van der Waals surface area contributed by atoms with Crippen molar-refractivity contribution in [3.05, 3.63) is 35.6 Å². The SMILES string of the molecule is CCN(CCO)C(c1cccc(F)c1)C(C)N. The molecule has 0 radical (unpaired) electrons. The maximum Gasteiger partial charge on any atom is 0.123 e. The Morgan fingerprint density at radius 3 is 2.65 bits per heavy atom. The second-order valence-electron chi connectivity index (χ2n) is 4.21. The number of nitrogens with two attached hydrogens (primary N) is 1. The van der Waals surface area contributed by atoms with Gasteiger partial charge in [0.15, 0.2) is 0 Å². The fraction of sp³-hybridized carbons (Fsp3) is 0.538. The number of hydrogen-bond donors (Lipinski definition) is 2. The van der Waals surface area contributed by atoms with Crippen molar-refractivity contribution in [2.24, 2.45) is 5.73 Å². The Kier molecular flexibility index (Phi) is 5.55. The Balaban J connectivity index is 2.99. The Hall–Kier alpha value is -0.970. The summed E-state index contributed by atoms with van der Waals surface area (Å²) in [5.74, 6) is -0.256. The first-order chi connectivity index (χ1) is 8.10. The van der Waals surface area contributed by atoms with Crippen LogP contribution < -0.4 is 5.73 Å². The molecule has 0 aliphatic carbocycles. The van der Waals surface area contributed by atoms with Gasteiger partial charge in [-0.25, -0.2) is 4.39 Å². The van der Waals surface area contributed by atoms with Crippen LogP contribution in [0.15, 0.2) is 24.3 Å². The molecule has 1 aromatic rings. The predicted molar refractivity (Wildman–Crippen MR) is 67.1 cm³/mol. The molecular weight excluding hydrogens is 219 g/mol. The minimum atomic E-state index is -0.256. The highest BCUT2D eigenvalue weighted by Gasteiger charge is 2.22. The largest absolute Gasteiger partial charge is 0.395 e. The van der Waals surface area contributed by atoms with Crippen LogP contribution in [0.2, 0.25) is 0 Å². The molecule has 1 aromatic carbocycles. The zero-order valence-electron chi connectivity index (χ0n) is 10.4. The zero-order chi connectivity index (χ0) is 12.8. The molecule has 0 aromatic heterocycles. The first-order valence-electron chi connectivity index (χ1n) is 5.96. The summed E-state index contributed by atoms with van der Waals surface area (Å²) in [5, 5.41) is 9.04. The molecule has 4 heteroatoms. The van der Waals surface area contributed by atoms with E-state index in [0.717, 1.165) is 12.1 Å². The van der Waals surface area contributed by atoms with Gasteiger partial charge in [-0.1, -0.05) is 19.1 Å². The van der Waals surface area contributed by atoms with E-state index in [-0.39, 0.29) is 24.5 Å². The van der Waals surface area contributed by atoms with E-state index < -0.39 is 0 Å². The average molecular weight is 240 g/mol. The van der Waals surface area contributed by atoms with Gasteiger partial charge in [-0.3, -0.25) is 4.90 Å². The molecule has 1 rings (SSSR count).